The van der Waals surface area contributed by atoms with Crippen LogP contribution >= 0.6 is 11.3 Å². The Morgan fingerprint density at radius 3 is 2.57 bits per heavy atom. The van der Waals surface area contributed by atoms with E-state index in [1.807, 2.05) is 25.1 Å². The fourth-order valence-corrected chi connectivity index (χ4v) is 5.36. The second-order valence-corrected chi connectivity index (χ2v) is 9.12. The molecule has 0 radical (unpaired) electrons. The Labute approximate surface area is 205 Å². The topological polar surface area (TPSA) is 89.0 Å². The van der Waals surface area contributed by atoms with Gasteiger partial charge in [0.25, 0.3) is 5.78 Å². The van der Waals surface area contributed by atoms with Gasteiger partial charge >= 0.3 is 5.91 Å². The number of Topliss-reactive ketones (excluding diaryl/α,β-unsaturated/α-hetero) is 1. The standard InChI is InChI=1S/C27H22N2O5S/c1-15-11-12-19-21(13-15)35-27(28-19)29-23(18-9-4-5-10-20(18)34-3)22(25(31)26(29)32)24(30)16-7-6-8-17(14-16)33-2/h4-14,23,30H,1-3H3/b24-22+/t23-/m0/s1. The summed E-state index contributed by atoms with van der Waals surface area (Å²) in [6, 6.07) is 18.7. The van der Waals surface area contributed by atoms with Crippen LogP contribution in [-0.2, 0) is 9.59 Å². The molecule has 0 aliphatic carbocycles. The summed E-state index contributed by atoms with van der Waals surface area (Å²) in [6.07, 6.45) is 0. The van der Waals surface area contributed by atoms with Gasteiger partial charge in [0.2, 0.25) is 0 Å². The Balaban J connectivity index is 1.76. The fraction of sp³-hybridized carbons (Fsp3) is 0.148. The van der Waals surface area contributed by atoms with Crippen LogP contribution in [0.1, 0.15) is 22.7 Å². The number of carbonyl (C=O) groups excluding carboxylic acids is 2. The molecule has 0 unspecified atom stereocenters. The molecule has 1 aliphatic heterocycles. The summed E-state index contributed by atoms with van der Waals surface area (Å²) in [5.74, 6) is -0.855. The summed E-state index contributed by atoms with van der Waals surface area (Å²) in [5.41, 5.74) is 2.68. The molecule has 1 atom stereocenters. The number of rotatable bonds is 5. The Morgan fingerprint density at radius 2 is 1.80 bits per heavy atom. The first-order chi connectivity index (χ1) is 16.9. The zero-order chi connectivity index (χ0) is 24.7. The summed E-state index contributed by atoms with van der Waals surface area (Å²) < 4.78 is 11.7. The van der Waals surface area contributed by atoms with Gasteiger partial charge < -0.3 is 14.6 Å². The number of nitrogens with zero attached hydrogens (tertiary/aromatic N) is 2. The number of amides is 1. The van der Waals surface area contributed by atoms with E-state index >= 15 is 0 Å². The van der Waals surface area contributed by atoms with Crippen molar-refractivity contribution >= 4 is 44.1 Å². The number of carbonyl (C=O) groups is 2. The molecule has 1 aromatic heterocycles. The van der Waals surface area contributed by atoms with Crippen LogP contribution in [0.3, 0.4) is 0 Å². The third kappa shape index (κ3) is 3.81. The molecule has 0 bridgehead atoms. The first kappa shape index (κ1) is 22.6. The van der Waals surface area contributed by atoms with E-state index in [-0.39, 0.29) is 11.3 Å². The van der Waals surface area contributed by atoms with E-state index in [1.54, 1.807) is 48.5 Å². The van der Waals surface area contributed by atoms with Crippen molar-refractivity contribution in [1.82, 2.24) is 4.98 Å². The van der Waals surface area contributed by atoms with E-state index in [0.717, 1.165) is 15.8 Å². The lowest BCUT2D eigenvalue weighted by Crippen LogP contribution is -2.29. The van der Waals surface area contributed by atoms with Crippen molar-refractivity contribution in [3.8, 4) is 11.5 Å². The van der Waals surface area contributed by atoms with Crippen molar-refractivity contribution in [2.45, 2.75) is 13.0 Å². The minimum absolute atomic E-state index is 0.0387. The molecule has 1 fully saturated rings. The van der Waals surface area contributed by atoms with Gasteiger partial charge in [-0.05, 0) is 42.8 Å². The zero-order valence-corrected chi connectivity index (χ0v) is 20.1. The van der Waals surface area contributed by atoms with E-state index in [0.29, 0.717) is 27.8 Å². The van der Waals surface area contributed by atoms with Crippen molar-refractivity contribution in [3.63, 3.8) is 0 Å². The van der Waals surface area contributed by atoms with Crippen molar-refractivity contribution in [1.29, 1.82) is 0 Å². The zero-order valence-electron chi connectivity index (χ0n) is 19.3. The van der Waals surface area contributed by atoms with Gasteiger partial charge in [0.1, 0.15) is 23.3 Å². The Bertz CT molecular complexity index is 1510. The first-order valence-corrected chi connectivity index (χ1v) is 11.7. The summed E-state index contributed by atoms with van der Waals surface area (Å²) in [5, 5.41) is 11.7. The molecule has 0 saturated carbocycles. The van der Waals surface area contributed by atoms with Crippen LogP contribution in [0.5, 0.6) is 11.5 Å². The van der Waals surface area contributed by atoms with Gasteiger partial charge in [-0.25, -0.2) is 4.98 Å². The van der Waals surface area contributed by atoms with Gasteiger partial charge in [0, 0.05) is 11.1 Å². The molecule has 2 heterocycles. The summed E-state index contributed by atoms with van der Waals surface area (Å²) in [6.45, 7) is 1.98. The van der Waals surface area contributed by atoms with E-state index in [9.17, 15) is 14.7 Å². The largest absolute Gasteiger partial charge is 0.507 e. The number of aliphatic hydroxyl groups excluding tert-OH is 1. The van der Waals surface area contributed by atoms with E-state index < -0.39 is 17.7 Å². The van der Waals surface area contributed by atoms with Crippen molar-refractivity contribution in [2.75, 3.05) is 19.1 Å². The van der Waals surface area contributed by atoms with Crippen LogP contribution in [-0.4, -0.2) is 36.0 Å². The number of thiazole rings is 1. The lowest BCUT2D eigenvalue weighted by molar-refractivity contribution is -0.132. The molecular weight excluding hydrogens is 464 g/mol. The number of benzene rings is 3. The highest BCUT2D eigenvalue weighted by atomic mass is 32.1. The lowest BCUT2D eigenvalue weighted by Gasteiger charge is -2.24. The average Bonchev–Trinajstić information content (AvgIpc) is 3.41. The highest BCUT2D eigenvalue weighted by Crippen LogP contribution is 2.46. The van der Waals surface area contributed by atoms with Crippen LogP contribution in [0, 0.1) is 6.92 Å². The number of aryl methyl sites for hydroxylation is 1. The van der Waals surface area contributed by atoms with Crippen LogP contribution in [0.2, 0.25) is 0 Å². The fourth-order valence-electron chi connectivity index (χ4n) is 4.26. The molecule has 7 nitrogen and oxygen atoms in total. The molecule has 8 heteroatoms. The molecule has 176 valence electrons. The number of hydrogen-bond acceptors (Lipinski definition) is 7. The van der Waals surface area contributed by atoms with Crippen LogP contribution in [0.25, 0.3) is 16.0 Å². The maximum Gasteiger partial charge on any atom is 0.301 e. The molecule has 4 aromatic rings. The van der Waals surface area contributed by atoms with E-state index in [1.165, 1.54) is 30.5 Å². The first-order valence-electron chi connectivity index (χ1n) is 10.9. The number of methoxy groups -OCH3 is 2. The quantitative estimate of drug-likeness (QED) is 0.236. The molecule has 1 saturated heterocycles. The second kappa shape index (κ2) is 8.88. The highest BCUT2D eigenvalue weighted by molar-refractivity contribution is 7.22. The summed E-state index contributed by atoms with van der Waals surface area (Å²) in [4.78, 5) is 32.8. The number of aromatic nitrogens is 1. The minimum Gasteiger partial charge on any atom is -0.507 e. The van der Waals surface area contributed by atoms with Crippen molar-refractivity contribution in [2.24, 2.45) is 0 Å². The van der Waals surface area contributed by atoms with Gasteiger partial charge in [-0.2, -0.15) is 0 Å². The maximum atomic E-state index is 13.4. The van der Waals surface area contributed by atoms with E-state index in [2.05, 4.69) is 4.98 Å². The third-order valence-corrected chi connectivity index (χ3v) is 6.98. The van der Waals surface area contributed by atoms with Crippen molar-refractivity contribution in [3.05, 3.63) is 89.0 Å². The van der Waals surface area contributed by atoms with Gasteiger partial charge in [0.15, 0.2) is 5.13 Å². The number of aliphatic hydroxyl groups is 1. The number of hydrogen-bond donors (Lipinski definition) is 1. The normalized spacial score (nSPS) is 17.2. The van der Waals surface area contributed by atoms with E-state index in [4.69, 9.17) is 9.47 Å². The molecule has 3 aromatic carbocycles. The number of para-hydroxylation sites is 1. The number of fused-ring (bicyclic) bond motifs is 1. The van der Waals surface area contributed by atoms with Crippen molar-refractivity contribution < 1.29 is 24.2 Å². The lowest BCUT2D eigenvalue weighted by atomic mass is 9.94. The SMILES string of the molecule is COc1cccc(/C(O)=C2\C(=O)C(=O)N(c3nc4ccc(C)cc4s3)[C@H]2c2ccccc2OC)c1. The number of ether oxygens (including phenoxy) is 2. The predicted octanol–water partition coefficient (Wildman–Crippen LogP) is 5.25. The monoisotopic (exact) mass is 486 g/mol. The predicted molar refractivity (Wildman–Crippen MR) is 135 cm³/mol. The highest BCUT2D eigenvalue weighted by Gasteiger charge is 2.49. The molecule has 5 rings (SSSR count). The second-order valence-electron chi connectivity index (χ2n) is 8.11. The Kier molecular flexibility index (Phi) is 5.74. The van der Waals surface area contributed by atoms with Gasteiger partial charge in [-0.15, -0.1) is 0 Å². The van der Waals surface area contributed by atoms with Gasteiger partial charge in [0.05, 0.1) is 30.0 Å². The molecule has 1 amide bonds. The Morgan fingerprint density at radius 1 is 1.00 bits per heavy atom. The molecule has 1 aliphatic rings. The smallest absolute Gasteiger partial charge is 0.301 e. The van der Waals surface area contributed by atoms with Gasteiger partial charge in [-0.1, -0.05) is 47.7 Å². The molecule has 1 N–H and O–H groups in total. The minimum atomic E-state index is -0.931. The summed E-state index contributed by atoms with van der Waals surface area (Å²) in [7, 11) is 3.04. The van der Waals surface area contributed by atoms with Crippen LogP contribution < -0.4 is 14.4 Å². The average molecular weight is 487 g/mol. The van der Waals surface area contributed by atoms with Crippen LogP contribution in [0.4, 0.5) is 5.13 Å². The molecule has 35 heavy (non-hydrogen) atoms. The Hall–Kier alpha value is -4.17. The maximum absolute atomic E-state index is 13.4. The van der Waals surface area contributed by atoms with Gasteiger partial charge in [-0.3, -0.25) is 14.5 Å². The third-order valence-electron chi connectivity index (χ3n) is 5.96. The molecular formula is C27H22N2O5S. The summed E-state index contributed by atoms with van der Waals surface area (Å²) >= 11 is 1.32. The number of anilines is 1. The number of ketones is 1. The van der Waals surface area contributed by atoms with Crippen LogP contribution in [0.15, 0.2) is 72.3 Å². The molecule has 0 spiro atoms.